The molecule has 0 aliphatic heterocycles. The van der Waals surface area contributed by atoms with Crippen molar-refractivity contribution in [1.29, 1.82) is 0 Å². The number of nitrogens with one attached hydrogen (secondary N) is 1. The maximum absolute atomic E-state index is 14.3. The van der Waals surface area contributed by atoms with Crippen LogP contribution in [0.3, 0.4) is 0 Å². The molecule has 2 atom stereocenters. The number of amides is 1. The van der Waals surface area contributed by atoms with Crippen molar-refractivity contribution in [3.05, 3.63) is 75.5 Å². The third-order valence-corrected chi connectivity index (χ3v) is 6.52. The van der Waals surface area contributed by atoms with Crippen LogP contribution in [0.15, 0.2) is 46.9 Å². The fourth-order valence-electron chi connectivity index (χ4n) is 4.06. The fourth-order valence-corrected chi connectivity index (χ4v) is 4.40. The molecule has 3 aromatic rings. The van der Waals surface area contributed by atoms with Gasteiger partial charge in [-0.1, -0.05) is 42.8 Å². The lowest BCUT2D eigenvalue weighted by atomic mass is 10.1. The molecule has 194 valence electrons. The summed E-state index contributed by atoms with van der Waals surface area (Å²) in [6.07, 6.45) is -0.193. The average Bonchev–Trinajstić information content (AvgIpc) is 3.22. The summed E-state index contributed by atoms with van der Waals surface area (Å²) >= 11 is 3.22. The predicted molar refractivity (Wildman–Crippen MR) is 139 cm³/mol. The van der Waals surface area contributed by atoms with Crippen LogP contribution >= 0.6 is 15.9 Å². The number of imidazole rings is 1. The van der Waals surface area contributed by atoms with Crippen molar-refractivity contribution < 1.29 is 23.8 Å². The third kappa shape index (κ3) is 6.99. The molecule has 0 bridgehead atoms. The Morgan fingerprint density at radius 1 is 1.11 bits per heavy atom. The number of carbonyl (C=O) groups is 1. The molecule has 0 aliphatic carbocycles. The van der Waals surface area contributed by atoms with E-state index < -0.39 is 23.9 Å². The van der Waals surface area contributed by atoms with Crippen LogP contribution in [-0.4, -0.2) is 37.9 Å². The molecule has 1 amide bonds. The Bertz CT molecular complexity index is 1180. The summed E-state index contributed by atoms with van der Waals surface area (Å²) in [6.45, 7) is 6.05. The van der Waals surface area contributed by atoms with E-state index in [1.807, 2.05) is 25.3 Å². The molecule has 1 heterocycles. The maximum Gasteiger partial charge on any atom is 0.272 e. The zero-order valence-corrected chi connectivity index (χ0v) is 22.2. The number of aromatic nitrogens is 2. The highest BCUT2D eigenvalue weighted by Crippen LogP contribution is 2.29. The number of carbonyl (C=O) groups excluding carboxylic acids is 1. The van der Waals surface area contributed by atoms with Crippen LogP contribution in [0.25, 0.3) is 11.4 Å². The minimum Gasteiger partial charge on any atom is -0.393 e. The lowest BCUT2D eigenvalue weighted by Gasteiger charge is -2.19. The average molecular weight is 564 g/mol. The Morgan fingerprint density at radius 3 is 2.42 bits per heavy atom. The summed E-state index contributed by atoms with van der Waals surface area (Å²) in [6, 6.07) is 10.5. The quantitative estimate of drug-likeness (QED) is 0.285. The highest BCUT2D eigenvalue weighted by molar-refractivity contribution is 9.10. The van der Waals surface area contributed by atoms with Crippen molar-refractivity contribution in [3.63, 3.8) is 0 Å². The van der Waals surface area contributed by atoms with Crippen molar-refractivity contribution in [3.8, 4) is 11.4 Å². The fraction of sp³-hybridized carbons (Fsp3) is 0.407. The van der Waals surface area contributed by atoms with Crippen molar-refractivity contribution >= 4 is 21.8 Å². The molecule has 0 radical (unpaired) electrons. The summed E-state index contributed by atoms with van der Waals surface area (Å²) in [5, 5.41) is 23.1. The van der Waals surface area contributed by atoms with E-state index in [0.717, 1.165) is 0 Å². The summed E-state index contributed by atoms with van der Waals surface area (Å²) < 4.78 is 30.3. The van der Waals surface area contributed by atoms with Crippen LogP contribution in [-0.2, 0) is 13.1 Å². The van der Waals surface area contributed by atoms with Gasteiger partial charge >= 0.3 is 0 Å². The molecule has 1 aromatic heterocycles. The normalized spacial score (nSPS) is 13.1. The van der Waals surface area contributed by atoms with Gasteiger partial charge in [-0.05, 0) is 61.6 Å². The van der Waals surface area contributed by atoms with Crippen molar-refractivity contribution in [2.45, 2.75) is 71.2 Å². The van der Waals surface area contributed by atoms with Crippen LogP contribution in [0, 0.1) is 11.6 Å². The number of nitrogens with zero attached hydrogens (tertiary/aromatic N) is 2. The van der Waals surface area contributed by atoms with Gasteiger partial charge in [-0.2, -0.15) is 0 Å². The Balaban J connectivity index is 1.95. The van der Waals surface area contributed by atoms with Gasteiger partial charge in [0.25, 0.3) is 5.91 Å². The number of aliphatic hydroxyl groups is 2. The SMILES string of the molecule is CCC(O)CC(O)CCn1c(-c2ccc(F)cc2)nc(C(=O)NCc2ccc(Br)cc2F)c1C(C)C. The van der Waals surface area contributed by atoms with Gasteiger partial charge in [0.05, 0.1) is 17.9 Å². The minimum absolute atomic E-state index is 0.0121. The van der Waals surface area contributed by atoms with Crippen LogP contribution in [0.2, 0.25) is 0 Å². The zero-order valence-electron chi connectivity index (χ0n) is 20.6. The van der Waals surface area contributed by atoms with Gasteiger partial charge in [-0.3, -0.25) is 4.79 Å². The molecule has 36 heavy (non-hydrogen) atoms. The first-order chi connectivity index (χ1) is 17.1. The Labute approximate surface area is 218 Å². The second-order valence-electron chi connectivity index (χ2n) is 9.14. The van der Waals surface area contributed by atoms with Gasteiger partial charge < -0.3 is 20.1 Å². The van der Waals surface area contributed by atoms with E-state index in [1.54, 1.807) is 24.3 Å². The molecule has 6 nitrogen and oxygen atoms in total. The van der Waals surface area contributed by atoms with Crippen LogP contribution < -0.4 is 5.32 Å². The minimum atomic E-state index is -0.735. The first-order valence-electron chi connectivity index (χ1n) is 12.0. The van der Waals surface area contributed by atoms with E-state index in [0.29, 0.717) is 46.5 Å². The van der Waals surface area contributed by atoms with Gasteiger partial charge in [0.1, 0.15) is 23.2 Å². The summed E-state index contributed by atoms with van der Waals surface area (Å²) in [7, 11) is 0. The van der Waals surface area contributed by atoms with Crippen molar-refractivity contribution in [1.82, 2.24) is 14.9 Å². The monoisotopic (exact) mass is 563 g/mol. The molecule has 3 rings (SSSR count). The number of aliphatic hydroxyl groups excluding tert-OH is 2. The lowest BCUT2D eigenvalue weighted by Crippen LogP contribution is -2.25. The zero-order chi connectivity index (χ0) is 26.4. The molecule has 0 fully saturated rings. The standard InChI is InChI=1S/C27H32BrF2N3O3/c1-4-21(34)14-22(35)11-12-33-25(16(2)3)24(32-26(33)17-6-9-20(29)10-7-17)27(36)31-15-18-5-8-19(28)13-23(18)30/h5-10,13,16,21-22,34-35H,4,11-12,14-15H2,1-3H3,(H,31,36). The summed E-state index contributed by atoms with van der Waals surface area (Å²) in [5.74, 6) is -0.906. The Hall–Kier alpha value is -2.62. The first-order valence-corrected chi connectivity index (χ1v) is 12.8. The molecule has 0 spiro atoms. The number of benzene rings is 2. The van der Waals surface area contributed by atoms with Gasteiger partial charge in [0.2, 0.25) is 0 Å². The molecule has 2 unspecified atom stereocenters. The van der Waals surface area contributed by atoms with Gasteiger partial charge in [0, 0.05) is 28.7 Å². The number of halogens is 3. The first kappa shape index (κ1) is 28.0. The molecule has 9 heteroatoms. The predicted octanol–water partition coefficient (Wildman–Crippen LogP) is 5.56. The van der Waals surface area contributed by atoms with Crippen molar-refractivity contribution in [2.75, 3.05) is 0 Å². The van der Waals surface area contributed by atoms with E-state index in [1.165, 1.54) is 18.2 Å². The topological polar surface area (TPSA) is 87.4 Å². The van der Waals surface area contributed by atoms with E-state index >= 15 is 0 Å². The maximum atomic E-state index is 14.3. The van der Waals surface area contributed by atoms with Gasteiger partial charge in [0.15, 0.2) is 0 Å². The van der Waals surface area contributed by atoms with Crippen molar-refractivity contribution in [2.24, 2.45) is 0 Å². The molecule has 2 aromatic carbocycles. The highest BCUT2D eigenvalue weighted by Gasteiger charge is 2.26. The van der Waals surface area contributed by atoms with Gasteiger partial charge in [-0.25, -0.2) is 13.8 Å². The van der Waals surface area contributed by atoms with Gasteiger partial charge in [-0.15, -0.1) is 0 Å². The second kappa shape index (κ2) is 12.6. The largest absolute Gasteiger partial charge is 0.393 e. The second-order valence-corrected chi connectivity index (χ2v) is 10.1. The molecular weight excluding hydrogens is 532 g/mol. The Morgan fingerprint density at radius 2 is 1.81 bits per heavy atom. The molecule has 3 N–H and O–H groups in total. The number of hydrogen-bond acceptors (Lipinski definition) is 4. The molecule has 0 aliphatic rings. The van der Waals surface area contributed by atoms with Crippen LogP contribution in [0.5, 0.6) is 0 Å². The number of rotatable bonds is 11. The number of hydrogen-bond donors (Lipinski definition) is 3. The van der Waals surface area contributed by atoms with E-state index in [4.69, 9.17) is 0 Å². The van der Waals surface area contributed by atoms with E-state index in [9.17, 15) is 23.8 Å². The van der Waals surface area contributed by atoms with Crippen LogP contribution in [0.4, 0.5) is 8.78 Å². The smallest absolute Gasteiger partial charge is 0.272 e. The van der Waals surface area contributed by atoms with Crippen LogP contribution in [0.1, 0.15) is 67.7 Å². The highest BCUT2D eigenvalue weighted by atomic mass is 79.9. The molecular formula is C27H32BrF2N3O3. The Kier molecular flexibility index (Phi) is 9.76. The summed E-state index contributed by atoms with van der Waals surface area (Å²) in [5.41, 5.74) is 1.82. The van der Waals surface area contributed by atoms with E-state index in [-0.39, 0.29) is 30.4 Å². The molecule has 0 saturated heterocycles. The lowest BCUT2D eigenvalue weighted by molar-refractivity contribution is 0.0711. The third-order valence-electron chi connectivity index (χ3n) is 6.03. The molecule has 0 saturated carbocycles. The summed E-state index contributed by atoms with van der Waals surface area (Å²) in [4.78, 5) is 17.9. The van der Waals surface area contributed by atoms with E-state index in [2.05, 4.69) is 26.2 Å².